The highest BCUT2D eigenvalue weighted by Crippen LogP contribution is 2.15. The van der Waals surface area contributed by atoms with Gasteiger partial charge in [0.05, 0.1) is 0 Å². The molecule has 0 aliphatic heterocycles. The number of rotatable bonds is 6. The highest BCUT2D eigenvalue weighted by molar-refractivity contribution is 5.45. The summed E-state index contributed by atoms with van der Waals surface area (Å²) in [7, 11) is 0. The standard InChI is InChI=1S/C11H20N4O/c1-3-4-9(5-6-16)14-10-8(2)7-13-11(12)15-10/h7,9,16H,3-6H2,1-2H3,(H3,12,13,14,15)/t9-/m0/s1. The summed E-state index contributed by atoms with van der Waals surface area (Å²) in [5, 5.41) is 12.3. The van der Waals surface area contributed by atoms with Crippen molar-refractivity contribution < 1.29 is 5.11 Å². The van der Waals surface area contributed by atoms with Crippen LogP contribution >= 0.6 is 0 Å². The minimum atomic E-state index is 0.178. The fraction of sp³-hybridized carbons (Fsp3) is 0.636. The van der Waals surface area contributed by atoms with Crippen molar-refractivity contribution in [2.24, 2.45) is 0 Å². The first-order valence-corrected chi connectivity index (χ1v) is 5.63. The van der Waals surface area contributed by atoms with Gasteiger partial charge in [-0.3, -0.25) is 0 Å². The summed E-state index contributed by atoms with van der Waals surface area (Å²) in [6.45, 7) is 4.23. The van der Waals surface area contributed by atoms with E-state index >= 15 is 0 Å². The van der Waals surface area contributed by atoms with E-state index in [1.807, 2.05) is 6.92 Å². The molecule has 0 bridgehead atoms. The fourth-order valence-electron chi connectivity index (χ4n) is 1.59. The first kappa shape index (κ1) is 12.7. The molecule has 0 radical (unpaired) electrons. The van der Waals surface area contributed by atoms with E-state index in [-0.39, 0.29) is 18.6 Å². The number of aromatic nitrogens is 2. The van der Waals surface area contributed by atoms with Crippen molar-refractivity contribution in [3.63, 3.8) is 0 Å². The smallest absolute Gasteiger partial charge is 0.221 e. The van der Waals surface area contributed by atoms with Crippen LogP contribution in [0.2, 0.25) is 0 Å². The van der Waals surface area contributed by atoms with Gasteiger partial charge in [-0.1, -0.05) is 13.3 Å². The summed E-state index contributed by atoms with van der Waals surface area (Å²) < 4.78 is 0. The number of nitrogens with two attached hydrogens (primary N) is 1. The first-order chi connectivity index (χ1) is 7.67. The van der Waals surface area contributed by atoms with E-state index < -0.39 is 0 Å². The molecule has 0 saturated carbocycles. The Bertz CT molecular complexity index is 324. The molecular weight excluding hydrogens is 204 g/mol. The Kier molecular flexibility index (Phi) is 4.98. The molecule has 1 aromatic heterocycles. The van der Waals surface area contributed by atoms with Crippen LogP contribution in [0.5, 0.6) is 0 Å². The van der Waals surface area contributed by atoms with E-state index in [0.29, 0.717) is 0 Å². The van der Waals surface area contributed by atoms with E-state index in [4.69, 9.17) is 10.8 Å². The van der Waals surface area contributed by atoms with Crippen molar-refractivity contribution in [1.29, 1.82) is 0 Å². The zero-order valence-electron chi connectivity index (χ0n) is 9.90. The van der Waals surface area contributed by atoms with Gasteiger partial charge in [0.25, 0.3) is 0 Å². The van der Waals surface area contributed by atoms with Gasteiger partial charge in [-0.2, -0.15) is 4.98 Å². The molecule has 0 aliphatic rings. The highest BCUT2D eigenvalue weighted by atomic mass is 16.3. The Morgan fingerprint density at radius 2 is 2.25 bits per heavy atom. The second-order valence-corrected chi connectivity index (χ2v) is 3.90. The predicted molar refractivity (Wildman–Crippen MR) is 65.2 cm³/mol. The van der Waals surface area contributed by atoms with Crippen LogP contribution in [-0.2, 0) is 0 Å². The number of aliphatic hydroxyl groups is 1. The average Bonchev–Trinajstić information content (AvgIpc) is 2.24. The Labute approximate surface area is 96.1 Å². The van der Waals surface area contributed by atoms with Gasteiger partial charge in [-0.15, -0.1) is 0 Å². The minimum absolute atomic E-state index is 0.178. The number of hydrogen-bond donors (Lipinski definition) is 3. The van der Waals surface area contributed by atoms with Crippen LogP contribution in [0.1, 0.15) is 31.7 Å². The molecule has 1 heterocycles. The Hall–Kier alpha value is -1.36. The average molecular weight is 224 g/mol. The summed E-state index contributed by atoms with van der Waals surface area (Å²) >= 11 is 0. The van der Waals surface area contributed by atoms with Crippen LogP contribution in [-0.4, -0.2) is 27.7 Å². The van der Waals surface area contributed by atoms with Crippen molar-refractivity contribution >= 4 is 11.8 Å². The quantitative estimate of drug-likeness (QED) is 0.679. The summed E-state index contributed by atoms with van der Waals surface area (Å²) in [6.07, 6.45) is 4.49. The van der Waals surface area contributed by atoms with Crippen molar-refractivity contribution in [1.82, 2.24) is 9.97 Å². The zero-order chi connectivity index (χ0) is 12.0. The number of aryl methyl sites for hydroxylation is 1. The Morgan fingerprint density at radius 3 is 2.88 bits per heavy atom. The van der Waals surface area contributed by atoms with E-state index in [1.165, 1.54) is 0 Å². The second kappa shape index (κ2) is 6.27. The lowest BCUT2D eigenvalue weighted by Crippen LogP contribution is -2.22. The molecule has 0 aliphatic carbocycles. The molecule has 0 amide bonds. The molecule has 16 heavy (non-hydrogen) atoms. The molecule has 5 nitrogen and oxygen atoms in total. The van der Waals surface area contributed by atoms with Crippen molar-refractivity contribution in [2.75, 3.05) is 17.7 Å². The molecular formula is C11H20N4O. The van der Waals surface area contributed by atoms with Crippen LogP contribution in [0.3, 0.4) is 0 Å². The molecule has 90 valence electrons. The molecule has 0 fully saturated rings. The maximum absolute atomic E-state index is 8.97. The first-order valence-electron chi connectivity index (χ1n) is 5.63. The van der Waals surface area contributed by atoms with Gasteiger partial charge in [-0.25, -0.2) is 4.98 Å². The molecule has 4 N–H and O–H groups in total. The van der Waals surface area contributed by atoms with Crippen LogP contribution in [0.4, 0.5) is 11.8 Å². The van der Waals surface area contributed by atoms with Gasteiger partial charge in [0.2, 0.25) is 5.95 Å². The molecule has 5 heteroatoms. The van der Waals surface area contributed by atoms with E-state index in [1.54, 1.807) is 6.20 Å². The van der Waals surface area contributed by atoms with Gasteiger partial charge in [0.15, 0.2) is 0 Å². The Morgan fingerprint density at radius 1 is 1.50 bits per heavy atom. The third-order valence-corrected chi connectivity index (χ3v) is 2.45. The second-order valence-electron chi connectivity index (χ2n) is 3.90. The van der Waals surface area contributed by atoms with Crippen LogP contribution < -0.4 is 11.1 Å². The van der Waals surface area contributed by atoms with Crippen molar-refractivity contribution in [3.05, 3.63) is 11.8 Å². The number of anilines is 2. The SMILES string of the molecule is CCC[C@@H](CCO)Nc1nc(N)ncc1C. The monoisotopic (exact) mass is 224 g/mol. The third kappa shape index (κ3) is 3.66. The molecule has 0 saturated heterocycles. The number of nitrogens with one attached hydrogen (secondary N) is 1. The normalized spacial score (nSPS) is 12.4. The molecule has 1 atom stereocenters. The lowest BCUT2D eigenvalue weighted by atomic mass is 10.1. The predicted octanol–water partition coefficient (Wildman–Crippen LogP) is 1.33. The molecule has 1 rings (SSSR count). The number of aliphatic hydroxyl groups excluding tert-OH is 1. The van der Waals surface area contributed by atoms with Crippen LogP contribution in [0.15, 0.2) is 6.20 Å². The Balaban J connectivity index is 2.71. The van der Waals surface area contributed by atoms with E-state index in [0.717, 1.165) is 30.6 Å². The number of hydrogen-bond acceptors (Lipinski definition) is 5. The van der Waals surface area contributed by atoms with Crippen LogP contribution in [0, 0.1) is 6.92 Å². The van der Waals surface area contributed by atoms with Crippen molar-refractivity contribution in [2.45, 2.75) is 39.2 Å². The zero-order valence-corrected chi connectivity index (χ0v) is 9.90. The van der Waals surface area contributed by atoms with Gasteiger partial charge < -0.3 is 16.2 Å². The largest absolute Gasteiger partial charge is 0.396 e. The van der Waals surface area contributed by atoms with E-state index in [2.05, 4.69) is 22.2 Å². The maximum atomic E-state index is 8.97. The summed E-state index contributed by atoms with van der Waals surface area (Å²) in [5.74, 6) is 1.03. The van der Waals surface area contributed by atoms with Gasteiger partial charge in [-0.05, 0) is 19.8 Å². The molecule has 0 aromatic carbocycles. The van der Waals surface area contributed by atoms with Gasteiger partial charge in [0.1, 0.15) is 5.82 Å². The maximum Gasteiger partial charge on any atom is 0.221 e. The highest BCUT2D eigenvalue weighted by Gasteiger charge is 2.09. The summed E-state index contributed by atoms with van der Waals surface area (Å²) in [4.78, 5) is 8.07. The third-order valence-electron chi connectivity index (χ3n) is 2.45. The van der Waals surface area contributed by atoms with Crippen molar-refractivity contribution in [3.8, 4) is 0 Å². The molecule has 0 unspecified atom stereocenters. The van der Waals surface area contributed by atoms with Gasteiger partial charge in [0, 0.05) is 24.4 Å². The molecule has 0 spiro atoms. The topological polar surface area (TPSA) is 84.1 Å². The van der Waals surface area contributed by atoms with E-state index in [9.17, 15) is 0 Å². The lowest BCUT2D eigenvalue weighted by Gasteiger charge is -2.18. The minimum Gasteiger partial charge on any atom is -0.396 e. The van der Waals surface area contributed by atoms with Crippen LogP contribution in [0.25, 0.3) is 0 Å². The number of nitrogens with zero attached hydrogens (tertiary/aromatic N) is 2. The fourth-order valence-corrected chi connectivity index (χ4v) is 1.59. The number of nitrogen functional groups attached to an aromatic ring is 1. The lowest BCUT2D eigenvalue weighted by molar-refractivity contribution is 0.276. The summed E-state index contributed by atoms with van der Waals surface area (Å²) in [5.41, 5.74) is 6.51. The van der Waals surface area contributed by atoms with Gasteiger partial charge >= 0.3 is 0 Å². The molecule has 1 aromatic rings. The summed E-state index contributed by atoms with van der Waals surface area (Å²) in [6, 6.07) is 0.239.